The first-order valence-corrected chi connectivity index (χ1v) is 6.64. The normalized spacial score (nSPS) is 10.2. The van der Waals surface area contributed by atoms with E-state index in [4.69, 9.17) is 4.42 Å². The summed E-state index contributed by atoms with van der Waals surface area (Å²) in [6, 6.07) is 10.6. The van der Waals surface area contributed by atoms with Crippen LogP contribution < -0.4 is 5.32 Å². The maximum absolute atomic E-state index is 12.2. The van der Waals surface area contributed by atoms with Gasteiger partial charge in [-0.3, -0.25) is 9.59 Å². The summed E-state index contributed by atoms with van der Waals surface area (Å²) in [6.45, 7) is 2.25. The van der Waals surface area contributed by atoms with Crippen LogP contribution in [0.3, 0.4) is 0 Å². The van der Waals surface area contributed by atoms with Gasteiger partial charge < -0.3 is 14.6 Å². The number of hydrogen-bond donors (Lipinski definition) is 1. The molecule has 0 saturated heterocycles. The lowest BCUT2D eigenvalue weighted by Crippen LogP contribution is -2.25. The van der Waals surface area contributed by atoms with E-state index in [0.29, 0.717) is 23.6 Å². The summed E-state index contributed by atoms with van der Waals surface area (Å²) in [5.74, 6) is 0.745. The number of rotatable bonds is 4. The van der Waals surface area contributed by atoms with Gasteiger partial charge in [-0.15, -0.1) is 0 Å². The molecule has 0 unspecified atom stereocenters. The van der Waals surface area contributed by atoms with E-state index in [9.17, 15) is 9.59 Å². The second-order valence-electron chi connectivity index (χ2n) is 4.85. The molecule has 0 aliphatic carbocycles. The van der Waals surface area contributed by atoms with Gasteiger partial charge in [0.05, 0.1) is 0 Å². The zero-order valence-electron chi connectivity index (χ0n) is 12.3. The molecule has 0 radical (unpaired) electrons. The molecule has 21 heavy (non-hydrogen) atoms. The molecular weight excluding hydrogens is 268 g/mol. The molecule has 1 aromatic heterocycles. The fraction of sp³-hybridized carbons (Fsp3) is 0.250. The van der Waals surface area contributed by atoms with Crippen molar-refractivity contribution in [3.8, 4) is 0 Å². The van der Waals surface area contributed by atoms with E-state index in [2.05, 4.69) is 5.32 Å². The van der Waals surface area contributed by atoms with Crippen molar-refractivity contribution in [1.82, 2.24) is 10.2 Å². The highest BCUT2D eigenvalue weighted by atomic mass is 16.3. The highest BCUT2D eigenvalue weighted by molar-refractivity contribution is 5.94. The lowest BCUT2D eigenvalue weighted by Gasteiger charge is -2.16. The van der Waals surface area contributed by atoms with E-state index in [1.807, 2.05) is 12.1 Å². The van der Waals surface area contributed by atoms with Crippen LogP contribution in [0.5, 0.6) is 0 Å². The van der Waals surface area contributed by atoms with Crippen molar-refractivity contribution in [3.05, 3.63) is 59.0 Å². The van der Waals surface area contributed by atoms with Gasteiger partial charge in [0.25, 0.3) is 11.8 Å². The third-order valence-electron chi connectivity index (χ3n) is 3.16. The molecule has 5 heteroatoms. The number of furan rings is 1. The fourth-order valence-corrected chi connectivity index (χ4v) is 1.99. The van der Waals surface area contributed by atoms with Crippen LogP contribution in [-0.4, -0.2) is 30.8 Å². The number of amides is 2. The molecule has 0 bridgehead atoms. The molecule has 0 saturated carbocycles. The molecule has 0 fully saturated rings. The molecule has 0 atom stereocenters. The molecule has 2 amide bonds. The summed E-state index contributed by atoms with van der Waals surface area (Å²) in [5, 5.41) is 2.57. The van der Waals surface area contributed by atoms with Crippen LogP contribution in [-0.2, 0) is 6.54 Å². The van der Waals surface area contributed by atoms with E-state index < -0.39 is 0 Å². The van der Waals surface area contributed by atoms with Gasteiger partial charge in [0.15, 0.2) is 5.76 Å². The molecule has 0 aliphatic heterocycles. The van der Waals surface area contributed by atoms with Crippen LogP contribution in [0.1, 0.15) is 32.2 Å². The molecule has 2 aromatic rings. The molecule has 1 N–H and O–H groups in total. The standard InChI is InChI=1S/C16H18N2O3/c1-11-4-9-14(21-11)16(20)18(3)10-12-5-7-13(8-6-12)15(19)17-2/h4-9H,10H2,1-3H3,(H,17,19). The molecule has 1 heterocycles. The Morgan fingerprint density at radius 1 is 1.14 bits per heavy atom. The first-order valence-electron chi connectivity index (χ1n) is 6.64. The number of hydrogen-bond acceptors (Lipinski definition) is 3. The van der Waals surface area contributed by atoms with Gasteiger partial charge >= 0.3 is 0 Å². The number of nitrogens with zero attached hydrogens (tertiary/aromatic N) is 1. The van der Waals surface area contributed by atoms with Crippen LogP contribution >= 0.6 is 0 Å². The smallest absolute Gasteiger partial charge is 0.289 e. The highest BCUT2D eigenvalue weighted by Gasteiger charge is 2.15. The van der Waals surface area contributed by atoms with Crippen molar-refractivity contribution < 1.29 is 14.0 Å². The highest BCUT2D eigenvalue weighted by Crippen LogP contribution is 2.12. The summed E-state index contributed by atoms with van der Waals surface area (Å²) in [6.07, 6.45) is 0. The average molecular weight is 286 g/mol. The van der Waals surface area contributed by atoms with Crippen LogP contribution in [0, 0.1) is 6.92 Å². The Bertz CT molecular complexity index is 644. The minimum Gasteiger partial charge on any atom is -0.456 e. The lowest BCUT2D eigenvalue weighted by molar-refractivity contribution is 0.0751. The predicted octanol–water partition coefficient (Wildman–Crippen LogP) is 2.22. The Morgan fingerprint density at radius 2 is 1.81 bits per heavy atom. The van der Waals surface area contributed by atoms with Crippen LogP contribution in [0.2, 0.25) is 0 Å². The molecule has 2 rings (SSSR count). The van der Waals surface area contributed by atoms with Crippen molar-refractivity contribution in [3.63, 3.8) is 0 Å². The number of benzene rings is 1. The zero-order valence-corrected chi connectivity index (χ0v) is 12.3. The van der Waals surface area contributed by atoms with Crippen molar-refractivity contribution in [2.75, 3.05) is 14.1 Å². The maximum atomic E-state index is 12.2. The van der Waals surface area contributed by atoms with Gasteiger partial charge in [0, 0.05) is 26.2 Å². The van der Waals surface area contributed by atoms with Crippen LogP contribution in [0.25, 0.3) is 0 Å². The predicted molar refractivity (Wildman–Crippen MR) is 79.1 cm³/mol. The maximum Gasteiger partial charge on any atom is 0.289 e. The largest absolute Gasteiger partial charge is 0.456 e. The molecule has 0 aliphatic rings. The molecule has 5 nitrogen and oxygen atoms in total. The first-order chi connectivity index (χ1) is 10.0. The number of carbonyl (C=O) groups excluding carboxylic acids is 2. The van der Waals surface area contributed by atoms with E-state index in [1.54, 1.807) is 50.2 Å². The summed E-state index contributed by atoms with van der Waals surface area (Å²) in [4.78, 5) is 25.2. The van der Waals surface area contributed by atoms with Crippen LogP contribution in [0.4, 0.5) is 0 Å². The number of aryl methyl sites for hydroxylation is 1. The van der Waals surface area contributed by atoms with E-state index in [0.717, 1.165) is 5.56 Å². The topological polar surface area (TPSA) is 62.6 Å². The van der Waals surface area contributed by atoms with Gasteiger partial charge in [-0.1, -0.05) is 12.1 Å². The third-order valence-corrected chi connectivity index (χ3v) is 3.16. The van der Waals surface area contributed by atoms with Gasteiger partial charge in [0.1, 0.15) is 5.76 Å². The third kappa shape index (κ3) is 3.51. The molecule has 1 aromatic carbocycles. The minimum absolute atomic E-state index is 0.128. The fourth-order valence-electron chi connectivity index (χ4n) is 1.99. The van der Waals surface area contributed by atoms with E-state index in [-0.39, 0.29) is 11.8 Å². The summed E-state index contributed by atoms with van der Waals surface area (Å²) in [7, 11) is 3.31. The Kier molecular flexibility index (Phi) is 4.42. The number of carbonyl (C=O) groups is 2. The Hall–Kier alpha value is -2.56. The second-order valence-corrected chi connectivity index (χ2v) is 4.85. The molecular formula is C16H18N2O3. The monoisotopic (exact) mass is 286 g/mol. The van der Waals surface area contributed by atoms with Gasteiger partial charge in [-0.25, -0.2) is 0 Å². The zero-order chi connectivity index (χ0) is 15.4. The van der Waals surface area contributed by atoms with Crippen molar-refractivity contribution in [1.29, 1.82) is 0 Å². The first kappa shape index (κ1) is 14.8. The van der Waals surface area contributed by atoms with E-state index in [1.165, 1.54) is 0 Å². The average Bonchev–Trinajstić information content (AvgIpc) is 2.93. The molecule has 0 spiro atoms. The van der Waals surface area contributed by atoms with Crippen molar-refractivity contribution >= 4 is 11.8 Å². The SMILES string of the molecule is CNC(=O)c1ccc(CN(C)C(=O)c2ccc(C)o2)cc1. The number of nitrogens with one attached hydrogen (secondary N) is 1. The lowest BCUT2D eigenvalue weighted by atomic mass is 10.1. The van der Waals surface area contributed by atoms with Crippen molar-refractivity contribution in [2.45, 2.75) is 13.5 Å². The Balaban J connectivity index is 2.04. The van der Waals surface area contributed by atoms with Crippen molar-refractivity contribution in [2.24, 2.45) is 0 Å². The van der Waals surface area contributed by atoms with E-state index >= 15 is 0 Å². The second kappa shape index (κ2) is 6.26. The Morgan fingerprint density at radius 3 is 2.33 bits per heavy atom. The van der Waals surface area contributed by atoms with Gasteiger partial charge in [0.2, 0.25) is 0 Å². The summed E-state index contributed by atoms with van der Waals surface area (Å²) in [5.41, 5.74) is 1.54. The minimum atomic E-state index is -0.168. The summed E-state index contributed by atoms with van der Waals surface area (Å²) < 4.78 is 5.33. The van der Waals surface area contributed by atoms with Gasteiger partial charge in [-0.2, -0.15) is 0 Å². The molecule has 110 valence electrons. The summed E-state index contributed by atoms with van der Waals surface area (Å²) >= 11 is 0. The van der Waals surface area contributed by atoms with Gasteiger partial charge in [-0.05, 0) is 36.8 Å². The van der Waals surface area contributed by atoms with Crippen LogP contribution in [0.15, 0.2) is 40.8 Å². The quantitative estimate of drug-likeness (QED) is 0.937. The Labute approximate surface area is 123 Å².